The largest absolute Gasteiger partial charge is 0.490 e. The minimum Gasteiger partial charge on any atom is -0.490 e. The number of nitrogens with one attached hydrogen (secondary N) is 1. The highest BCUT2D eigenvalue weighted by molar-refractivity contribution is 7.99. The third kappa shape index (κ3) is 3.81. The quantitative estimate of drug-likeness (QED) is 0.549. The number of benzene rings is 2. The number of hydrogen-bond donors (Lipinski definition) is 1. The lowest BCUT2D eigenvalue weighted by molar-refractivity contribution is 0.187. The van der Waals surface area contributed by atoms with Crippen molar-refractivity contribution in [1.82, 2.24) is 15.2 Å². The van der Waals surface area contributed by atoms with E-state index in [1.807, 2.05) is 48.5 Å². The predicted octanol–water partition coefficient (Wildman–Crippen LogP) is 5.48. The van der Waals surface area contributed by atoms with Gasteiger partial charge in [0.05, 0.1) is 11.7 Å². The molecule has 30 heavy (non-hydrogen) atoms. The monoisotopic (exact) mass is 420 g/mol. The summed E-state index contributed by atoms with van der Waals surface area (Å²) < 4.78 is 12.8. The van der Waals surface area contributed by atoms with Gasteiger partial charge in [-0.1, -0.05) is 49.0 Å². The van der Waals surface area contributed by atoms with Gasteiger partial charge >= 0.3 is 0 Å². The van der Waals surface area contributed by atoms with Crippen molar-refractivity contribution in [1.29, 1.82) is 0 Å². The van der Waals surface area contributed by atoms with E-state index in [0.717, 1.165) is 41.2 Å². The molecule has 0 bridgehead atoms. The highest BCUT2D eigenvalue weighted by atomic mass is 32.2. The van der Waals surface area contributed by atoms with Gasteiger partial charge in [-0.05, 0) is 49.6 Å². The molecule has 1 aromatic heterocycles. The van der Waals surface area contributed by atoms with Crippen LogP contribution in [0.25, 0.3) is 11.3 Å². The molecule has 1 aliphatic carbocycles. The van der Waals surface area contributed by atoms with Crippen LogP contribution in [-0.4, -0.2) is 27.0 Å². The average molecular weight is 421 g/mol. The fourth-order valence-electron chi connectivity index (χ4n) is 3.97. The topological polar surface area (TPSA) is 69.2 Å². The molecule has 2 heterocycles. The first-order valence-corrected chi connectivity index (χ1v) is 11.5. The molecule has 3 aromatic rings. The van der Waals surface area contributed by atoms with Crippen molar-refractivity contribution in [3.05, 3.63) is 54.1 Å². The van der Waals surface area contributed by atoms with Crippen molar-refractivity contribution in [2.24, 2.45) is 0 Å². The molecule has 2 aliphatic rings. The Morgan fingerprint density at radius 2 is 1.87 bits per heavy atom. The van der Waals surface area contributed by atoms with Gasteiger partial charge in [-0.2, -0.15) is 4.98 Å². The number of hydrogen-bond acceptors (Lipinski definition) is 7. The van der Waals surface area contributed by atoms with Gasteiger partial charge in [-0.25, -0.2) is 0 Å². The summed E-state index contributed by atoms with van der Waals surface area (Å²) in [6.45, 7) is 2.07. The summed E-state index contributed by atoms with van der Waals surface area (Å²) in [5.41, 5.74) is 3.46. The number of para-hydroxylation sites is 2. The SMILES string of the molecule is CCSc1nnc2c(n1)OC(c1ccccc1OC1CCCC1)Nc1ccccc1-2. The first-order valence-electron chi connectivity index (χ1n) is 10.5. The third-order valence-electron chi connectivity index (χ3n) is 5.40. The molecule has 0 spiro atoms. The molecule has 1 unspecified atom stereocenters. The lowest BCUT2D eigenvalue weighted by atomic mass is 10.1. The molecule has 1 N–H and O–H groups in total. The zero-order valence-corrected chi connectivity index (χ0v) is 17.7. The molecule has 2 aromatic carbocycles. The standard InChI is InChI=1S/C23H24N4O2S/c1-2-30-23-25-22-20(26-27-23)16-11-5-7-13-18(16)24-21(29-22)17-12-6-8-14-19(17)28-15-9-3-4-10-15/h5-8,11-15,21,24H,2-4,9-10H2,1H3. The fraction of sp³-hybridized carbons (Fsp3) is 0.348. The van der Waals surface area contributed by atoms with E-state index in [4.69, 9.17) is 9.47 Å². The summed E-state index contributed by atoms with van der Waals surface area (Å²) in [6, 6.07) is 16.1. The van der Waals surface area contributed by atoms with Gasteiger partial charge in [0.1, 0.15) is 5.75 Å². The Kier molecular flexibility index (Phi) is 5.45. The Balaban J connectivity index is 1.55. The molecule has 6 nitrogen and oxygen atoms in total. The Hall–Kier alpha value is -2.80. The van der Waals surface area contributed by atoms with Crippen molar-refractivity contribution in [2.45, 2.75) is 50.1 Å². The highest BCUT2D eigenvalue weighted by Crippen LogP contribution is 2.41. The number of fused-ring (bicyclic) bond motifs is 3. The van der Waals surface area contributed by atoms with E-state index >= 15 is 0 Å². The van der Waals surface area contributed by atoms with Gasteiger partial charge in [0, 0.05) is 11.3 Å². The van der Waals surface area contributed by atoms with Crippen molar-refractivity contribution in [2.75, 3.05) is 11.1 Å². The van der Waals surface area contributed by atoms with E-state index in [9.17, 15) is 0 Å². The second kappa shape index (κ2) is 8.52. The molecule has 7 heteroatoms. The van der Waals surface area contributed by atoms with Crippen LogP contribution in [-0.2, 0) is 0 Å². The number of ether oxygens (including phenoxy) is 2. The Morgan fingerprint density at radius 1 is 1.07 bits per heavy atom. The number of aromatic nitrogens is 3. The van der Waals surface area contributed by atoms with Gasteiger partial charge in [-0.15, -0.1) is 10.2 Å². The second-order valence-electron chi connectivity index (χ2n) is 7.43. The molecule has 0 saturated heterocycles. The van der Waals surface area contributed by atoms with E-state index < -0.39 is 6.23 Å². The maximum absolute atomic E-state index is 6.40. The first-order chi connectivity index (χ1) is 14.8. The lowest BCUT2D eigenvalue weighted by Gasteiger charge is -2.23. The van der Waals surface area contributed by atoms with Gasteiger partial charge in [0.2, 0.25) is 17.3 Å². The van der Waals surface area contributed by atoms with E-state index in [-0.39, 0.29) is 6.10 Å². The predicted molar refractivity (Wildman–Crippen MR) is 118 cm³/mol. The Morgan fingerprint density at radius 3 is 2.73 bits per heavy atom. The summed E-state index contributed by atoms with van der Waals surface area (Å²) in [5.74, 6) is 2.21. The minimum absolute atomic E-state index is 0.271. The summed E-state index contributed by atoms with van der Waals surface area (Å²) in [7, 11) is 0. The normalized spacial score (nSPS) is 18.0. The Bertz CT molecular complexity index is 1040. The number of nitrogens with zero attached hydrogens (tertiary/aromatic N) is 3. The molecule has 1 aliphatic heterocycles. The molecule has 1 atom stereocenters. The highest BCUT2D eigenvalue weighted by Gasteiger charge is 2.28. The van der Waals surface area contributed by atoms with Crippen LogP contribution in [0.3, 0.4) is 0 Å². The van der Waals surface area contributed by atoms with Crippen LogP contribution in [0.4, 0.5) is 5.69 Å². The van der Waals surface area contributed by atoms with Gasteiger partial charge < -0.3 is 14.8 Å². The van der Waals surface area contributed by atoms with Crippen molar-refractivity contribution in [3.63, 3.8) is 0 Å². The number of anilines is 1. The van der Waals surface area contributed by atoms with Gasteiger partial charge in [-0.3, -0.25) is 0 Å². The van der Waals surface area contributed by atoms with Crippen LogP contribution in [0.15, 0.2) is 53.7 Å². The molecule has 1 fully saturated rings. The van der Waals surface area contributed by atoms with Crippen molar-refractivity contribution >= 4 is 17.4 Å². The van der Waals surface area contributed by atoms with Crippen molar-refractivity contribution < 1.29 is 9.47 Å². The molecule has 5 rings (SSSR count). The van der Waals surface area contributed by atoms with E-state index in [1.54, 1.807) is 11.8 Å². The first kappa shape index (κ1) is 19.2. The maximum Gasteiger partial charge on any atom is 0.247 e. The van der Waals surface area contributed by atoms with Gasteiger partial charge in [0.15, 0.2) is 5.69 Å². The minimum atomic E-state index is -0.443. The van der Waals surface area contributed by atoms with Crippen LogP contribution in [0, 0.1) is 0 Å². The smallest absolute Gasteiger partial charge is 0.247 e. The third-order valence-corrected chi connectivity index (χ3v) is 6.12. The number of rotatable bonds is 5. The molecule has 0 radical (unpaired) electrons. The van der Waals surface area contributed by atoms with Crippen LogP contribution >= 0.6 is 11.8 Å². The molecular formula is C23H24N4O2S. The second-order valence-corrected chi connectivity index (χ2v) is 8.66. The van der Waals surface area contributed by atoms with Gasteiger partial charge in [0.25, 0.3) is 0 Å². The average Bonchev–Trinajstić information content (AvgIpc) is 3.22. The molecule has 0 amide bonds. The number of thioether (sulfide) groups is 1. The fourth-order valence-corrected chi connectivity index (χ4v) is 4.47. The summed E-state index contributed by atoms with van der Waals surface area (Å²) in [5, 5.41) is 12.9. The Labute approximate surface area is 180 Å². The lowest BCUT2D eigenvalue weighted by Crippen LogP contribution is -2.20. The zero-order valence-electron chi connectivity index (χ0n) is 16.9. The summed E-state index contributed by atoms with van der Waals surface area (Å²) >= 11 is 1.55. The zero-order chi connectivity index (χ0) is 20.3. The van der Waals surface area contributed by atoms with Crippen LogP contribution in [0.5, 0.6) is 11.6 Å². The molecular weight excluding hydrogens is 396 g/mol. The van der Waals surface area contributed by atoms with Crippen LogP contribution < -0.4 is 14.8 Å². The van der Waals surface area contributed by atoms with E-state index in [0.29, 0.717) is 16.7 Å². The van der Waals surface area contributed by atoms with Crippen molar-refractivity contribution in [3.8, 4) is 22.9 Å². The van der Waals surface area contributed by atoms with E-state index in [1.165, 1.54) is 12.8 Å². The summed E-state index contributed by atoms with van der Waals surface area (Å²) in [6.07, 6.45) is 4.49. The maximum atomic E-state index is 6.40. The molecule has 1 saturated carbocycles. The van der Waals surface area contributed by atoms with Crippen LogP contribution in [0.1, 0.15) is 44.4 Å². The molecule has 154 valence electrons. The van der Waals surface area contributed by atoms with E-state index in [2.05, 4.69) is 27.4 Å². The summed E-state index contributed by atoms with van der Waals surface area (Å²) in [4.78, 5) is 4.66. The van der Waals surface area contributed by atoms with Crippen LogP contribution in [0.2, 0.25) is 0 Å².